The number of hydrogen-bond acceptors (Lipinski definition) is 4. The molecular formula is C15H13FN2O4S. The lowest BCUT2D eigenvalue weighted by atomic mass is 10.2. The molecule has 0 atom stereocenters. The Morgan fingerprint density at radius 1 is 1.22 bits per heavy atom. The van der Waals surface area contributed by atoms with Gasteiger partial charge in [0.05, 0.1) is 16.1 Å². The normalized spacial score (nSPS) is 11.8. The molecule has 0 spiro atoms. The van der Waals surface area contributed by atoms with Crippen LogP contribution in [0.1, 0.15) is 5.56 Å². The number of sulfonamides is 1. The molecule has 23 heavy (non-hydrogen) atoms. The number of hydrogen-bond donors (Lipinski definition) is 1. The zero-order valence-electron chi connectivity index (χ0n) is 12.3. The van der Waals surface area contributed by atoms with E-state index in [0.29, 0.717) is 11.1 Å². The van der Waals surface area contributed by atoms with Gasteiger partial charge in [-0.15, -0.1) is 0 Å². The molecule has 0 aliphatic carbocycles. The fraction of sp³-hybridized carbons (Fsp3) is 0.133. The molecule has 0 aliphatic rings. The molecule has 1 aromatic heterocycles. The first kappa shape index (κ1) is 15.3. The predicted octanol–water partition coefficient (Wildman–Crippen LogP) is 2.38. The third-order valence-electron chi connectivity index (χ3n) is 3.59. The van der Waals surface area contributed by atoms with Crippen LogP contribution in [0, 0.1) is 12.7 Å². The van der Waals surface area contributed by atoms with Crippen molar-refractivity contribution in [3.8, 4) is 0 Å². The molecule has 0 bridgehead atoms. The van der Waals surface area contributed by atoms with Crippen LogP contribution in [0.4, 0.5) is 10.1 Å². The van der Waals surface area contributed by atoms with Gasteiger partial charge in [0.2, 0.25) is 0 Å². The number of oxazole rings is 1. The summed E-state index contributed by atoms with van der Waals surface area (Å²) in [5, 5.41) is 0. The Labute approximate surface area is 131 Å². The highest BCUT2D eigenvalue weighted by molar-refractivity contribution is 7.92. The molecule has 0 amide bonds. The highest BCUT2D eigenvalue weighted by Crippen LogP contribution is 2.23. The minimum Gasteiger partial charge on any atom is -0.408 e. The van der Waals surface area contributed by atoms with Crippen molar-refractivity contribution in [1.29, 1.82) is 0 Å². The summed E-state index contributed by atoms with van der Waals surface area (Å²) in [6.07, 6.45) is 0. The van der Waals surface area contributed by atoms with Crippen molar-refractivity contribution >= 4 is 26.8 Å². The summed E-state index contributed by atoms with van der Waals surface area (Å²) in [7, 11) is -2.44. The van der Waals surface area contributed by atoms with E-state index in [0.717, 1.165) is 0 Å². The Morgan fingerprint density at radius 3 is 2.70 bits per heavy atom. The van der Waals surface area contributed by atoms with Crippen LogP contribution in [-0.2, 0) is 17.1 Å². The lowest BCUT2D eigenvalue weighted by Gasteiger charge is -2.11. The monoisotopic (exact) mass is 336 g/mol. The number of nitrogens with one attached hydrogen (secondary N) is 1. The van der Waals surface area contributed by atoms with E-state index in [1.165, 1.54) is 54.9 Å². The maximum atomic E-state index is 13.5. The molecule has 6 nitrogen and oxygen atoms in total. The second-order valence-corrected chi connectivity index (χ2v) is 6.76. The topological polar surface area (TPSA) is 81.3 Å². The van der Waals surface area contributed by atoms with Crippen molar-refractivity contribution in [2.24, 2.45) is 7.05 Å². The van der Waals surface area contributed by atoms with E-state index in [1.54, 1.807) is 0 Å². The standard InChI is InChI=1S/C15H13FN2O4S/c1-9-11(16)4-3-5-12(9)17-23(20,21)10-6-7-14-13(8-10)18(2)15(19)22-14/h3-8,17H,1-2H3. The lowest BCUT2D eigenvalue weighted by Crippen LogP contribution is -2.14. The summed E-state index contributed by atoms with van der Waals surface area (Å²) in [6, 6.07) is 8.20. The Morgan fingerprint density at radius 2 is 1.96 bits per heavy atom. The number of nitrogens with zero attached hydrogens (tertiary/aromatic N) is 1. The summed E-state index contributed by atoms with van der Waals surface area (Å²) in [5.74, 6) is -1.08. The molecule has 120 valence electrons. The van der Waals surface area contributed by atoms with Crippen LogP contribution in [-0.4, -0.2) is 13.0 Å². The van der Waals surface area contributed by atoms with Crippen LogP contribution in [0.5, 0.6) is 0 Å². The summed E-state index contributed by atoms with van der Waals surface area (Å²) >= 11 is 0. The average Bonchev–Trinajstić information content (AvgIpc) is 2.78. The molecular weight excluding hydrogens is 323 g/mol. The average molecular weight is 336 g/mol. The van der Waals surface area contributed by atoms with Gasteiger partial charge in [-0.2, -0.15) is 0 Å². The third-order valence-corrected chi connectivity index (χ3v) is 4.95. The van der Waals surface area contributed by atoms with E-state index < -0.39 is 21.6 Å². The zero-order valence-corrected chi connectivity index (χ0v) is 13.1. The Bertz CT molecular complexity index is 1070. The van der Waals surface area contributed by atoms with E-state index in [-0.39, 0.29) is 16.1 Å². The molecule has 3 rings (SSSR count). The molecule has 1 N–H and O–H groups in total. The summed E-state index contributed by atoms with van der Waals surface area (Å²) in [5.41, 5.74) is 1.01. The molecule has 0 fully saturated rings. The number of fused-ring (bicyclic) bond motifs is 1. The van der Waals surface area contributed by atoms with Crippen LogP contribution in [0.2, 0.25) is 0 Å². The predicted molar refractivity (Wildman–Crippen MR) is 83.4 cm³/mol. The SMILES string of the molecule is Cc1c(F)cccc1NS(=O)(=O)c1ccc2oc(=O)n(C)c2c1. The van der Waals surface area contributed by atoms with E-state index in [9.17, 15) is 17.6 Å². The van der Waals surface area contributed by atoms with Crippen LogP contribution < -0.4 is 10.5 Å². The lowest BCUT2D eigenvalue weighted by molar-refractivity contribution is 0.528. The summed E-state index contributed by atoms with van der Waals surface area (Å²) in [4.78, 5) is 11.4. The van der Waals surface area contributed by atoms with Gasteiger partial charge in [-0.1, -0.05) is 6.07 Å². The van der Waals surface area contributed by atoms with Crippen molar-refractivity contribution in [3.63, 3.8) is 0 Å². The Kier molecular flexibility index (Phi) is 3.48. The minimum absolute atomic E-state index is 0.0509. The first-order valence-electron chi connectivity index (χ1n) is 6.67. The van der Waals surface area contributed by atoms with Gasteiger partial charge in [-0.25, -0.2) is 17.6 Å². The molecule has 0 saturated carbocycles. The van der Waals surface area contributed by atoms with Crippen LogP contribution in [0.15, 0.2) is 50.5 Å². The highest BCUT2D eigenvalue weighted by Gasteiger charge is 2.18. The van der Waals surface area contributed by atoms with Crippen LogP contribution >= 0.6 is 0 Å². The fourth-order valence-corrected chi connectivity index (χ4v) is 3.34. The number of aromatic nitrogens is 1. The van der Waals surface area contributed by atoms with Gasteiger partial charge in [0.15, 0.2) is 5.58 Å². The quantitative estimate of drug-likeness (QED) is 0.796. The Balaban J connectivity index is 2.07. The van der Waals surface area contributed by atoms with Gasteiger partial charge >= 0.3 is 5.76 Å². The molecule has 0 saturated heterocycles. The highest BCUT2D eigenvalue weighted by atomic mass is 32.2. The Hall–Kier alpha value is -2.61. The number of anilines is 1. The van der Waals surface area contributed by atoms with Crippen molar-refractivity contribution in [2.75, 3.05) is 4.72 Å². The number of halogens is 1. The molecule has 0 radical (unpaired) electrons. The number of benzene rings is 2. The largest absolute Gasteiger partial charge is 0.419 e. The summed E-state index contributed by atoms with van der Waals surface area (Å²) in [6.45, 7) is 1.48. The zero-order chi connectivity index (χ0) is 16.8. The summed E-state index contributed by atoms with van der Waals surface area (Å²) < 4.78 is 47.0. The van der Waals surface area contributed by atoms with Gasteiger partial charge in [-0.05, 0) is 37.3 Å². The molecule has 8 heteroatoms. The molecule has 0 unspecified atom stereocenters. The second kappa shape index (κ2) is 5.24. The minimum atomic E-state index is -3.93. The first-order chi connectivity index (χ1) is 10.8. The van der Waals surface area contributed by atoms with Gasteiger partial charge in [0.1, 0.15) is 5.82 Å². The van der Waals surface area contributed by atoms with E-state index in [4.69, 9.17) is 4.42 Å². The smallest absolute Gasteiger partial charge is 0.408 e. The van der Waals surface area contributed by atoms with Gasteiger partial charge in [-0.3, -0.25) is 9.29 Å². The molecule has 3 aromatic rings. The van der Waals surface area contributed by atoms with Crippen molar-refractivity contribution in [2.45, 2.75) is 11.8 Å². The fourth-order valence-electron chi connectivity index (χ4n) is 2.20. The van der Waals surface area contributed by atoms with Crippen molar-refractivity contribution in [3.05, 3.63) is 58.3 Å². The van der Waals surface area contributed by atoms with Crippen molar-refractivity contribution < 1.29 is 17.2 Å². The van der Waals surface area contributed by atoms with Gasteiger partial charge < -0.3 is 4.42 Å². The maximum Gasteiger partial charge on any atom is 0.419 e. The van der Waals surface area contributed by atoms with E-state index in [1.807, 2.05) is 0 Å². The van der Waals surface area contributed by atoms with Gasteiger partial charge in [0.25, 0.3) is 10.0 Å². The first-order valence-corrected chi connectivity index (χ1v) is 8.15. The third kappa shape index (κ3) is 2.61. The number of rotatable bonds is 3. The van der Waals surface area contributed by atoms with Crippen LogP contribution in [0.25, 0.3) is 11.1 Å². The van der Waals surface area contributed by atoms with Crippen molar-refractivity contribution in [1.82, 2.24) is 4.57 Å². The molecule has 2 aromatic carbocycles. The van der Waals surface area contributed by atoms with E-state index >= 15 is 0 Å². The number of aryl methyl sites for hydroxylation is 1. The molecule has 0 aliphatic heterocycles. The molecule has 1 heterocycles. The maximum absolute atomic E-state index is 13.5. The van der Waals surface area contributed by atoms with Gasteiger partial charge in [0, 0.05) is 12.6 Å². The van der Waals surface area contributed by atoms with Crippen LogP contribution in [0.3, 0.4) is 0 Å². The second-order valence-electron chi connectivity index (χ2n) is 5.07. The van der Waals surface area contributed by atoms with E-state index in [2.05, 4.69) is 4.72 Å².